The lowest BCUT2D eigenvalue weighted by molar-refractivity contribution is 1.14. The second-order valence-electron chi connectivity index (χ2n) is 11.8. The van der Waals surface area contributed by atoms with Gasteiger partial charge in [0.2, 0.25) is 0 Å². The number of hydrogen-bond acceptors (Lipinski definition) is 3. The Bertz CT molecular complexity index is 2370. The average molecular weight is 591 g/mol. The molecule has 5 heterocycles. The molecule has 0 unspecified atom stereocenters. The van der Waals surface area contributed by atoms with E-state index in [0.717, 1.165) is 33.3 Å². The fourth-order valence-corrected chi connectivity index (χ4v) is 13.6. The predicted octanol–water partition coefficient (Wildman–Crippen LogP) is 6.71. The number of fused-ring (bicyclic) bond motifs is 12. The Hall–Kier alpha value is -5.78. The molecule has 0 saturated heterocycles. The van der Waals surface area contributed by atoms with Crippen molar-refractivity contribution < 1.29 is 0 Å². The Morgan fingerprint density at radius 2 is 1.11 bits per heavy atom. The van der Waals surface area contributed by atoms with Crippen LogP contribution in [0.4, 0.5) is 17.1 Å². The molecule has 8 aromatic rings. The van der Waals surface area contributed by atoms with Gasteiger partial charge in [0.15, 0.2) is 8.07 Å². The summed E-state index contributed by atoms with van der Waals surface area (Å²) in [5.41, 5.74) is 10.6. The monoisotopic (exact) mass is 590 g/mol. The topological polar surface area (TPSA) is 34.0 Å². The first-order valence-electron chi connectivity index (χ1n) is 15.3. The van der Waals surface area contributed by atoms with Crippen molar-refractivity contribution in [3.05, 3.63) is 158 Å². The summed E-state index contributed by atoms with van der Waals surface area (Å²) < 4.78 is 2.26. The summed E-state index contributed by atoms with van der Waals surface area (Å²) >= 11 is 0. The molecule has 0 fully saturated rings. The van der Waals surface area contributed by atoms with E-state index in [0.29, 0.717) is 0 Å². The van der Waals surface area contributed by atoms with E-state index in [1.54, 1.807) is 0 Å². The largest absolute Gasteiger partial charge is 0.311 e. The van der Waals surface area contributed by atoms with Gasteiger partial charge in [0.25, 0.3) is 0 Å². The number of para-hydroxylation sites is 2. The molecule has 0 N–H and O–H groups in total. The van der Waals surface area contributed by atoms with Crippen LogP contribution in [-0.2, 0) is 0 Å². The van der Waals surface area contributed by atoms with Gasteiger partial charge in [-0.25, -0.2) is 0 Å². The van der Waals surface area contributed by atoms with Crippen molar-refractivity contribution in [3.63, 3.8) is 0 Å². The van der Waals surface area contributed by atoms with Crippen molar-refractivity contribution in [3.8, 4) is 16.8 Å². The van der Waals surface area contributed by atoms with Crippen LogP contribution >= 0.6 is 0 Å². The standard InChI is InChI=1S/C40H26N4Si/c1-5-17-36-29(12-1)30-13-2-6-18-37(30)45(36)38-19-7-3-14-33(38)43(34-15-4-8-20-39(34)45)27-21-22-32-31(25-27)40-35(16-10-24-42-40)44(32)28-11-9-23-41-26-28/h1-26H. The molecule has 210 valence electrons. The minimum absolute atomic E-state index is 0.987. The van der Waals surface area contributed by atoms with Crippen LogP contribution in [0.1, 0.15) is 0 Å². The number of nitrogens with zero attached hydrogens (tertiary/aromatic N) is 4. The van der Waals surface area contributed by atoms with Crippen LogP contribution in [0.15, 0.2) is 158 Å². The number of aromatic nitrogens is 3. The summed E-state index contributed by atoms with van der Waals surface area (Å²) in [6, 6.07) is 51.5. The molecule has 0 aliphatic carbocycles. The Kier molecular flexibility index (Phi) is 4.99. The summed E-state index contributed by atoms with van der Waals surface area (Å²) in [5.74, 6) is 0. The van der Waals surface area contributed by atoms with Gasteiger partial charge in [0.05, 0.1) is 28.4 Å². The van der Waals surface area contributed by atoms with Gasteiger partial charge < -0.3 is 9.47 Å². The molecule has 0 atom stereocenters. The third-order valence-electron chi connectivity index (χ3n) is 9.72. The second-order valence-corrected chi connectivity index (χ2v) is 15.5. The molecular formula is C40H26N4Si. The molecule has 2 aliphatic rings. The van der Waals surface area contributed by atoms with Gasteiger partial charge in [0.1, 0.15) is 0 Å². The quantitative estimate of drug-likeness (QED) is 0.210. The Morgan fingerprint density at radius 3 is 1.78 bits per heavy atom. The predicted molar refractivity (Wildman–Crippen MR) is 187 cm³/mol. The molecule has 0 bridgehead atoms. The van der Waals surface area contributed by atoms with Crippen LogP contribution in [0, 0.1) is 0 Å². The fourth-order valence-electron chi connectivity index (χ4n) is 8.07. The van der Waals surface area contributed by atoms with Crippen molar-refractivity contribution in [1.29, 1.82) is 0 Å². The van der Waals surface area contributed by atoms with Crippen molar-refractivity contribution in [2.45, 2.75) is 0 Å². The molecule has 0 saturated carbocycles. The van der Waals surface area contributed by atoms with Gasteiger partial charge in [-0.1, -0.05) is 84.9 Å². The van der Waals surface area contributed by atoms with Gasteiger partial charge in [-0.3, -0.25) is 9.97 Å². The summed E-state index contributed by atoms with van der Waals surface area (Å²) in [7, 11) is -2.58. The molecule has 2 aliphatic heterocycles. The lowest BCUT2D eigenvalue weighted by Gasteiger charge is -2.43. The summed E-state index contributed by atoms with van der Waals surface area (Å²) in [6.07, 6.45) is 5.62. The molecule has 1 spiro atoms. The molecule has 3 aromatic heterocycles. The zero-order valence-electron chi connectivity index (χ0n) is 24.3. The van der Waals surface area contributed by atoms with E-state index in [1.807, 2.05) is 30.7 Å². The van der Waals surface area contributed by atoms with Gasteiger partial charge >= 0.3 is 0 Å². The SMILES string of the molecule is c1cncc(-n2c3ccc(N4c5ccccc5[Si]5(c6ccccc6-c6ccccc65)c5ccccc54)cc3c3ncccc32)c1. The van der Waals surface area contributed by atoms with E-state index in [4.69, 9.17) is 4.98 Å². The number of rotatable bonds is 2. The third kappa shape index (κ3) is 3.15. The molecule has 45 heavy (non-hydrogen) atoms. The molecular weight excluding hydrogens is 565 g/mol. The first kappa shape index (κ1) is 24.6. The average Bonchev–Trinajstić information content (AvgIpc) is 3.60. The van der Waals surface area contributed by atoms with E-state index in [2.05, 4.69) is 142 Å². The first-order chi connectivity index (χ1) is 22.4. The van der Waals surface area contributed by atoms with Gasteiger partial charge in [0, 0.05) is 34.8 Å². The smallest absolute Gasteiger partial charge is 0.185 e. The highest BCUT2D eigenvalue weighted by Crippen LogP contribution is 2.43. The van der Waals surface area contributed by atoms with E-state index < -0.39 is 8.07 Å². The highest BCUT2D eigenvalue weighted by molar-refractivity contribution is 7.23. The van der Waals surface area contributed by atoms with Crippen LogP contribution in [0.2, 0.25) is 0 Å². The third-order valence-corrected chi connectivity index (χ3v) is 14.7. The molecule has 4 nitrogen and oxygen atoms in total. The molecule has 5 aromatic carbocycles. The molecule has 10 rings (SSSR count). The number of pyridine rings is 2. The zero-order chi connectivity index (χ0) is 29.5. The minimum atomic E-state index is -2.58. The fraction of sp³-hybridized carbons (Fsp3) is 0. The maximum absolute atomic E-state index is 4.89. The van der Waals surface area contributed by atoms with E-state index >= 15 is 0 Å². The Morgan fingerprint density at radius 1 is 0.489 bits per heavy atom. The highest BCUT2D eigenvalue weighted by Gasteiger charge is 2.53. The van der Waals surface area contributed by atoms with Gasteiger partial charge in [-0.05, 0) is 86.5 Å². The zero-order valence-corrected chi connectivity index (χ0v) is 25.3. The minimum Gasteiger partial charge on any atom is -0.311 e. The number of hydrogen-bond donors (Lipinski definition) is 0. The first-order valence-corrected chi connectivity index (χ1v) is 17.3. The van der Waals surface area contributed by atoms with E-state index in [1.165, 1.54) is 43.2 Å². The van der Waals surface area contributed by atoms with E-state index in [9.17, 15) is 0 Å². The summed E-state index contributed by atoms with van der Waals surface area (Å²) in [6.45, 7) is 0. The molecule has 5 heteroatoms. The lowest BCUT2D eigenvalue weighted by atomic mass is 10.1. The van der Waals surface area contributed by atoms with Crippen LogP contribution in [0.3, 0.4) is 0 Å². The molecule has 0 radical (unpaired) electrons. The van der Waals surface area contributed by atoms with Crippen LogP contribution in [-0.4, -0.2) is 22.6 Å². The normalized spacial score (nSPS) is 13.9. The van der Waals surface area contributed by atoms with Crippen LogP contribution in [0.5, 0.6) is 0 Å². The van der Waals surface area contributed by atoms with Crippen LogP contribution in [0.25, 0.3) is 38.8 Å². The van der Waals surface area contributed by atoms with Crippen LogP contribution < -0.4 is 25.6 Å². The van der Waals surface area contributed by atoms with Crippen molar-refractivity contribution in [1.82, 2.24) is 14.5 Å². The van der Waals surface area contributed by atoms with Gasteiger partial charge in [-0.2, -0.15) is 0 Å². The second kappa shape index (κ2) is 9.11. The Balaban J connectivity index is 1.27. The van der Waals surface area contributed by atoms with Crippen molar-refractivity contribution >= 4 is 67.8 Å². The highest BCUT2D eigenvalue weighted by atomic mass is 28.3. The van der Waals surface area contributed by atoms with Gasteiger partial charge in [-0.15, -0.1) is 0 Å². The van der Waals surface area contributed by atoms with E-state index in [-0.39, 0.29) is 0 Å². The Labute approximate surface area is 261 Å². The number of benzene rings is 5. The maximum atomic E-state index is 4.89. The number of anilines is 3. The lowest BCUT2D eigenvalue weighted by Crippen LogP contribution is -2.75. The summed E-state index contributed by atoms with van der Waals surface area (Å²) in [5, 5.41) is 6.93. The maximum Gasteiger partial charge on any atom is 0.185 e. The van der Waals surface area contributed by atoms with Crippen molar-refractivity contribution in [2.24, 2.45) is 0 Å². The van der Waals surface area contributed by atoms with Crippen molar-refractivity contribution in [2.75, 3.05) is 4.90 Å². The molecule has 0 amide bonds. The summed E-state index contributed by atoms with van der Waals surface area (Å²) in [4.78, 5) is 11.8.